The van der Waals surface area contributed by atoms with Crippen molar-refractivity contribution in [3.05, 3.63) is 36.2 Å². The molecule has 2 aromatic rings. The molecule has 1 aromatic carbocycles. The zero-order valence-electron chi connectivity index (χ0n) is 9.44. The zero-order chi connectivity index (χ0) is 11.2. The molecular weight excluding hydrogens is 200 g/mol. The van der Waals surface area contributed by atoms with Crippen LogP contribution in [0.4, 0.5) is 0 Å². The van der Waals surface area contributed by atoms with Crippen molar-refractivity contribution in [1.29, 1.82) is 0 Å². The van der Waals surface area contributed by atoms with E-state index in [1.165, 1.54) is 24.8 Å². The average Bonchev–Trinajstić information content (AvgIpc) is 2.83. The molecule has 3 heteroatoms. The third-order valence-electron chi connectivity index (χ3n) is 2.57. The van der Waals surface area contributed by atoms with Crippen molar-refractivity contribution >= 4 is 0 Å². The lowest BCUT2D eigenvalue weighted by molar-refractivity contribution is 0.559. The number of benzene rings is 1. The quantitative estimate of drug-likeness (QED) is 0.718. The van der Waals surface area contributed by atoms with E-state index in [9.17, 15) is 0 Å². The summed E-state index contributed by atoms with van der Waals surface area (Å²) in [6.45, 7) is 2.21. The summed E-state index contributed by atoms with van der Waals surface area (Å²) in [6.07, 6.45) is 7.23. The Morgan fingerprint density at radius 3 is 3.00 bits per heavy atom. The maximum atomic E-state index is 5.05. The number of nitrogens with zero attached hydrogens (tertiary/aromatic N) is 2. The van der Waals surface area contributed by atoms with Crippen LogP contribution < -0.4 is 0 Å². The summed E-state index contributed by atoms with van der Waals surface area (Å²) in [4.78, 5) is 0. The van der Waals surface area contributed by atoms with Gasteiger partial charge in [0.15, 0.2) is 0 Å². The Hall–Kier alpha value is -1.64. The highest BCUT2D eigenvalue weighted by Gasteiger charge is 2.04. The smallest absolute Gasteiger partial charge is 0.306 e. The first-order valence-electron chi connectivity index (χ1n) is 5.69. The summed E-state index contributed by atoms with van der Waals surface area (Å²) in [7, 11) is 0. The minimum atomic E-state index is 0.539. The molecule has 0 aliphatic heterocycles. The van der Waals surface area contributed by atoms with Gasteiger partial charge in [0, 0.05) is 5.56 Å². The normalized spacial score (nSPS) is 10.6. The van der Waals surface area contributed by atoms with E-state index in [0.717, 1.165) is 12.0 Å². The molecule has 1 radical (unpaired) electrons. The molecule has 16 heavy (non-hydrogen) atoms. The van der Waals surface area contributed by atoms with E-state index >= 15 is 0 Å². The van der Waals surface area contributed by atoms with Crippen molar-refractivity contribution in [2.45, 2.75) is 32.6 Å². The number of hydrogen-bond donors (Lipinski definition) is 0. The fourth-order valence-corrected chi connectivity index (χ4v) is 1.71. The van der Waals surface area contributed by atoms with Crippen molar-refractivity contribution in [3.63, 3.8) is 0 Å². The maximum absolute atomic E-state index is 5.05. The Balaban J connectivity index is 2.08. The first-order chi connectivity index (χ1) is 7.90. The molecular formula is C13H15N2O. The summed E-state index contributed by atoms with van der Waals surface area (Å²) >= 11 is 0. The van der Waals surface area contributed by atoms with Gasteiger partial charge >= 0.3 is 6.39 Å². The minimum absolute atomic E-state index is 0.539. The van der Waals surface area contributed by atoms with Crippen LogP contribution in [0.5, 0.6) is 0 Å². The van der Waals surface area contributed by atoms with Gasteiger partial charge in [-0.25, -0.2) is 0 Å². The predicted molar refractivity (Wildman–Crippen MR) is 61.8 cm³/mol. The van der Waals surface area contributed by atoms with E-state index in [4.69, 9.17) is 4.42 Å². The summed E-state index contributed by atoms with van der Waals surface area (Å²) in [5, 5.41) is 7.41. The van der Waals surface area contributed by atoms with Crippen LogP contribution in [0.2, 0.25) is 0 Å². The molecule has 0 saturated carbocycles. The lowest BCUT2D eigenvalue weighted by atomic mass is 10.0. The highest BCUT2D eigenvalue weighted by molar-refractivity contribution is 5.53. The molecule has 2 rings (SSSR count). The van der Waals surface area contributed by atoms with Crippen molar-refractivity contribution in [3.8, 4) is 11.5 Å². The molecule has 0 saturated heterocycles. The third kappa shape index (κ3) is 2.69. The molecule has 3 nitrogen and oxygen atoms in total. The monoisotopic (exact) mass is 215 g/mol. The fourth-order valence-electron chi connectivity index (χ4n) is 1.71. The topological polar surface area (TPSA) is 38.9 Å². The molecule has 0 bridgehead atoms. The highest BCUT2D eigenvalue weighted by Crippen LogP contribution is 2.18. The van der Waals surface area contributed by atoms with Gasteiger partial charge in [0.2, 0.25) is 5.89 Å². The van der Waals surface area contributed by atoms with Crippen molar-refractivity contribution in [2.75, 3.05) is 0 Å². The Morgan fingerprint density at radius 1 is 1.31 bits per heavy atom. The van der Waals surface area contributed by atoms with Gasteiger partial charge < -0.3 is 4.42 Å². The van der Waals surface area contributed by atoms with E-state index in [2.05, 4.69) is 35.6 Å². The predicted octanol–water partition coefficient (Wildman–Crippen LogP) is 3.27. The van der Waals surface area contributed by atoms with Gasteiger partial charge in [-0.2, -0.15) is 0 Å². The van der Waals surface area contributed by atoms with E-state index in [0.29, 0.717) is 5.89 Å². The maximum Gasteiger partial charge on any atom is 0.306 e. The second-order valence-electron chi connectivity index (χ2n) is 3.86. The first-order valence-corrected chi connectivity index (χ1v) is 5.69. The fraction of sp³-hybridized carbons (Fsp3) is 0.385. The van der Waals surface area contributed by atoms with Crippen molar-refractivity contribution in [2.24, 2.45) is 0 Å². The summed E-state index contributed by atoms with van der Waals surface area (Å²) in [5.41, 5.74) is 2.30. The second kappa shape index (κ2) is 5.45. The SMILES string of the molecule is CCCCCc1cccc(-c2nn[c]o2)c1. The van der Waals surface area contributed by atoms with Crippen LogP contribution in [0.15, 0.2) is 28.7 Å². The molecule has 1 aromatic heterocycles. The summed E-state index contributed by atoms with van der Waals surface area (Å²) in [5.74, 6) is 0.539. The number of aromatic nitrogens is 2. The van der Waals surface area contributed by atoms with Crippen LogP contribution in [-0.4, -0.2) is 10.2 Å². The number of rotatable bonds is 5. The Bertz CT molecular complexity index is 423. The largest absolute Gasteiger partial charge is 0.412 e. The molecule has 0 aliphatic rings. The Labute approximate surface area is 95.5 Å². The van der Waals surface area contributed by atoms with Gasteiger partial charge in [-0.3, -0.25) is 0 Å². The second-order valence-corrected chi connectivity index (χ2v) is 3.86. The van der Waals surface area contributed by atoms with Gasteiger partial charge in [-0.1, -0.05) is 31.9 Å². The Kier molecular flexibility index (Phi) is 3.70. The van der Waals surface area contributed by atoms with Crippen molar-refractivity contribution < 1.29 is 4.42 Å². The third-order valence-corrected chi connectivity index (χ3v) is 2.57. The van der Waals surface area contributed by atoms with Crippen LogP contribution in [-0.2, 0) is 6.42 Å². The van der Waals surface area contributed by atoms with E-state index in [1.54, 1.807) is 0 Å². The van der Waals surface area contributed by atoms with Crippen molar-refractivity contribution in [1.82, 2.24) is 10.2 Å². The molecule has 0 atom stereocenters. The lowest BCUT2D eigenvalue weighted by Gasteiger charge is -2.02. The molecule has 0 aliphatic carbocycles. The summed E-state index contributed by atoms with van der Waals surface area (Å²) in [6, 6.07) is 8.25. The van der Waals surface area contributed by atoms with Gasteiger partial charge in [-0.15, -0.1) is 10.2 Å². The molecule has 0 fully saturated rings. The number of aryl methyl sites for hydroxylation is 1. The van der Waals surface area contributed by atoms with Gasteiger partial charge in [0.05, 0.1) is 0 Å². The first kappa shape index (κ1) is 10.9. The average molecular weight is 215 g/mol. The van der Waals surface area contributed by atoms with Gasteiger partial charge in [-0.05, 0) is 30.5 Å². The zero-order valence-corrected chi connectivity index (χ0v) is 9.44. The molecule has 0 spiro atoms. The van der Waals surface area contributed by atoms with Crippen LogP contribution in [0.3, 0.4) is 0 Å². The van der Waals surface area contributed by atoms with Crippen LogP contribution in [0, 0.1) is 6.39 Å². The standard InChI is InChI=1S/C13H15N2O/c1-2-3-4-6-11-7-5-8-12(9-11)13-15-14-10-16-13/h5,7-9H,2-4,6H2,1H3. The van der Waals surface area contributed by atoms with E-state index < -0.39 is 0 Å². The molecule has 0 amide bonds. The van der Waals surface area contributed by atoms with E-state index in [-0.39, 0.29) is 0 Å². The molecule has 83 valence electrons. The lowest BCUT2D eigenvalue weighted by Crippen LogP contribution is -1.87. The van der Waals surface area contributed by atoms with Crippen LogP contribution in [0.1, 0.15) is 31.7 Å². The Morgan fingerprint density at radius 2 is 2.25 bits per heavy atom. The molecule has 0 unspecified atom stereocenters. The summed E-state index contributed by atoms with van der Waals surface area (Å²) < 4.78 is 5.05. The highest BCUT2D eigenvalue weighted by atomic mass is 16.4. The number of unbranched alkanes of at least 4 members (excludes halogenated alkanes) is 2. The van der Waals surface area contributed by atoms with Gasteiger partial charge in [0.25, 0.3) is 0 Å². The molecule has 0 N–H and O–H groups in total. The minimum Gasteiger partial charge on any atom is -0.412 e. The number of hydrogen-bond acceptors (Lipinski definition) is 3. The van der Waals surface area contributed by atoms with Crippen LogP contribution in [0.25, 0.3) is 11.5 Å². The van der Waals surface area contributed by atoms with E-state index in [1.807, 2.05) is 12.1 Å². The van der Waals surface area contributed by atoms with Crippen LogP contribution >= 0.6 is 0 Å². The molecule has 1 heterocycles. The van der Waals surface area contributed by atoms with Gasteiger partial charge in [0.1, 0.15) is 0 Å².